The second kappa shape index (κ2) is 9.42. The summed E-state index contributed by atoms with van der Waals surface area (Å²) in [6, 6.07) is 8.01. The molecule has 1 aromatic rings. The lowest BCUT2D eigenvalue weighted by Gasteiger charge is -2.31. The summed E-state index contributed by atoms with van der Waals surface area (Å²) in [5.74, 6) is 0.437. The lowest BCUT2D eigenvalue weighted by Crippen LogP contribution is -3.15. The van der Waals surface area contributed by atoms with E-state index < -0.39 is 0 Å². The number of nitrogens with zero attached hydrogens (tertiary/aromatic N) is 1. The minimum Gasteiger partial charge on any atom is -0.450 e. The highest BCUT2D eigenvalue weighted by molar-refractivity contribution is 5.92. The lowest BCUT2D eigenvalue weighted by molar-refractivity contribution is -0.895. The molecule has 2 amide bonds. The molecule has 0 aliphatic carbocycles. The number of carbonyl (C=O) groups excluding carboxylic acids is 2. The minimum atomic E-state index is -0.256. The van der Waals surface area contributed by atoms with Gasteiger partial charge in [-0.1, -0.05) is 32.0 Å². The molecule has 0 saturated carbocycles. The van der Waals surface area contributed by atoms with Crippen molar-refractivity contribution in [2.24, 2.45) is 0 Å². The van der Waals surface area contributed by atoms with Crippen LogP contribution in [0.3, 0.4) is 0 Å². The Balaban J connectivity index is 1.85. The van der Waals surface area contributed by atoms with E-state index >= 15 is 0 Å². The van der Waals surface area contributed by atoms with Crippen LogP contribution in [0.1, 0.15) is 38.7 Å². The first-order valence-electron chi connectivity index (χ1n) is 9.19. The van der Waals surface area contributed by atoms with Gasteiger partial charge in [0.05, 0.1) is 32.8 Å². The Morgan fingerprint density at radius 2 is 1.92 bits per heavy atom. The number of piperazine rings is 1. The van der Waals surface area contributed by atoms with E-state index in [4.69, 9.17) is 4.74 Å². The van der Waals surface area contributed by atoms with Crippen LogP contribution in [0.2, 0.25) is 0 Å². The summed E-state index contributed by atoms with van der Waals surface area (Å²) >= 11 is 0. The van der Waals surface area contributed by atoms with E-state index in [2.05, 4.69) is 25.2 Å². The van der Waals surface area contributed by atoms with Crippen molar-refractivity contribution in [1.29, 1.82) is 0 Å². The van der Waals surface area contributed by atoms with Crippen LogP contribution in [0, 0.1) is 0 Å². The predicted molar refractivity (Wildman–Crippen MR) is 97.9 cm³/mol. The van der Waals surface area contributed by atoms with Crippen molar-refractivity contribution in [3.05, 3.63) is 29.8 Å². The number of carbonyl (C=O) groups is 2. The minimum absolute atomic E-state index is 0.0235. The van der Waals surface area contributed by atoms with Crippen molar-refractivity contribution in [3.63, 3.8) is 0 Å². The number of quaternary nitrogens is 1. The van der Waals surface area contributed by atoms with Gasteiger partial charge in [0.25, 0.3) is 5.91 Å². The van der Waals surface area contributed by atoms with Crippen LogP contribution in [0.15, 0.2) is 24.3 Å². The summed E-state index contributed by atoms with van der Waals surface area (Å²) < 4.78 is 5.02. The number of amides is 2. The highest BCUT2D eigenvalue weighted by atomic mass is 16.6. The molecule has 1 aliphatic rings. The van der Waals surface area contributed by atoms with Gasteiger partial charge in [-0.05, 0) is 30.9 Å². The van der Waals surface area contributed by atoms with Crippen molar-refractivity contribution >= 4 is 17.7 Å². The summed E-state index contributed by atoms with van der Waals surface area (Å²) in [5.41, 5.74) is 2.09. The van der Waals surface area contributed by atoms with Gasteiger partial charge in [-0.25, -0.2) is 4.79 Å². The first-order chi connectivity index (χ1) is 12.0. The van der Waals surface area contributed by atoms with Gasteiger partial charge in [-0.15, -0.1) is 0 Å². The second-order valence-electron chi connectivity index (χ2n) is 6.56. The molecule has 2 rings (SSSR count). The zero-order chi connectivity index (χ0) is 18.2. The van der Waals surface area contributed by atoms with Gasteiger partial charge < -0.3 is 15.0 Å². The van der Waals surface area contributed by atoms with Crippen molar-refractivity contribution in [1.82, 2.24) is 4.90 Å². The standard InChI is InChI=1S/C19H29N3O3/c1-4-15(3)16-8-6-7-9-17(16)20-18(23)14-21-10-12-22(13-11-21)19(24)25-5-2/h6-9,15H,4-5,10-14H2,1-3H3,(H,20,23)/p+1/t15-/m0/s1. The Kier molecular flexibility index (Phi) is 7.25. The molecule has 1 fully saturated rings. The molecular weight excluding hydrogens is 318 g/mol. The molecule has 0 radical (unpaired) electrons. The summed E-state index contributed by atoms with van der Waals surface area (Å²) in [6.07, 6.45) is 0.780. The van der Waals surface area contributed by atoms with Crippen molar-refractivity contribution in [2.45, 2.75) is 33.1 Å². The molecule has 0 bridgehead atoms. The van der Waals surface area contributed by atoms with Crippen molar-refractivity contribution in [3.8, 4) is 0 Å². The number of hydrogen-bond acceptors (Lipinski definition) is 3. The van der Waals surface area contributed by atoms with E-state index in [-0.39, 0.29) is 12.0 Å². The van der Waals surface area contributed by atoms with Gasteiger partial charge in [-0.2, -0.15) is 0 Å². The normalized spacial score (nSPS) is 16.4. The largest absolute Gasteiger partial charge is 0.450 e. The highest BCUT2D eigenvalue weighted by Gasteiger charge is 2.26. The van der Waals surface area contributed by atoms with Crippen LogP contribution in [0.4, 0.5) is 10.5 Å². The van der Waals surface area contributed by atoms with Gasteiger partial charge in [0.1, 0.15) is 0 Å². The number of ether oxygens (including phenoxy) is 1. The fourth-order valence-electron chi connectivity index (χ4n) is 3.08. The fraction of sp³-hybridized carbons (Fsp3) is 0.579. The van der Waals surface area contributed by atoms with Crippen LogP contribution >= 0.6 is 0 Å². The van der Waals surface area contributed by atoms with E-state index in [1.165, 1.54) is 10.5 Å². The number of anilines is 1. The molecule has 0 spiro atoms. The van der Waals surface area contributed by atoms with E-state index in [0.717, 1.165) is 25.2 Å². The smallest absolute Gasteiger partial charge is 0.410 e. The van der Waals surface area contributed by atoms with Crippen LogP contribution in [-0.2, 0) is 9.53 Å². The number of para-hydroxylation sites is 1. The summed E-state index contributed by atoms with van der Waals surface area (Å²) in [7, 11) is 0. The van der Waals surface area contributed by atoms with Crippen molar-refractivity contribution in [2.75, 3.05) is 44.6 Å². The Bertz CT molecular complexity index is 583. The molecular formula is C19H30N3O3+. The number of rotatable bonds is 6. The molecule has 6 nitrogen and oxygen atoms in total. The average Bonchev–Trinajstić information content (AvgIpc) is 2.62. The van der Waals surface area contributed by atoms with Gasteiger partial charge in [0.2, 0.25) is 0 Å². The number of nitrogens with one attached hydrogen (secondary N) is 2. The van der Waals surface area contributed by atoms with E-state index in [1.54, 1.807) is 11.8 Å². The number of benzene rings is 1. The van der Waals surface area contributed by atoms with Crippen LogP contribution in [-0.4, -0.2) is 56.2 Å². The topological polar surface area (TPSA) is 63.1 Å². The Hall–Kier alpha value is -2.08. The van der Waals surface area contributed by atoms with Crippen LogP contribution in [0.25, 0.3) is 0 Å². The summed E-state index contributed by atoms with van der Waals surface area (Å²) in [6.45, 7) is 9.73. The van der Waals surface area contributed by atoms with E-state index in [9.17, 15) is 9.59 Å². The highest BCUT2D eigenvalue weighted by Crippen LogP contribution is 2.26. The molecule has 6 heteroatoms. The zero-order valence-electron chi connectivity index (χ0n) is 15.5. The monoisotopic (exact) mass is 348 g/mol. The number of hydrogen-bond donors (Lipinski definition) is 2. The molecule has 1 atom stereocenters. The third-order valence-corrected chi connectivity index (χ3v) is 4.79. The summed E-state index contributed by atoms with van der Waals surface area (Å²) in [5, 5.41) is 3.06. The maximum absolute atomic E-state index is 12.4. The quantitative estimate of drug-likeness (QED) is 0.819. The zero-order valence-corrected chi connectivity index (χ0v) is 15.5. The lowest BCUT2D eigenvalue weighted by atomic mass is 9.97. The van der Waals surface area contributed by atoms with Crippen molar-refractivity contribution < 1.29 is 19.2 Å². The third-order valence-electron chi connectivity index (χ3n) is 4.79. The van der Waals surface area contributed by atoms with Gasteiger partial charge in [-0.3, -0.25) is 9.69 Å². The average molecular weight is 348 g/mol. The molecule has 1 aliphatic heterocycles. The Morgan fingerprint density at radius 3 is 2.56 bits per heavy atom. The maximum Gasteiger partial charge on any atom is 0.410 e. The molecule has 2 N–H and O–H groups in total. The Labute approximate surface area is 150 Å². The summed E-state index contributed by atoms with van der Waals surface area (Å²) in [4.78, 5) is 27.0. The molecule has 1 heterocycles. The van der Waals surface area contributed by atoms with E-state index in [0.29, 0.717) is 32.2 Å². The maximum atomic E-state index is 12.4. The third kappa shape index (κ3) is 5.46. The molecule has 1 saturated heterocycles. The molecule has 0 aromatic heterocycles. The van der Waals surface area contributed by atoms with Gasteiger partial charge in [0, 0.05) is 5.69 Å². The Morgan fingerprint density at radius 1 is 1.24 bits per heavy atom. The van der Waals surface area contributed by atoms with Crippen LogP contribution < -0.4 is 10.2 Å². The van der Waals surface area contributed by atoms with Crippen LogP contribution in [0.5, 0.6) is 0 Å². The molecule has 138 valence electrons. The predicted octanol–water partition coefficient (Wildman–Crippen LogP) is 1.50. The fourth-order valence-corrected chi connectivity index (χ4v) is 3.08. The second-order valence-corrected chi connectivity index (χ2v) is 6.56. The van der Waals surface area contributed by atoms with E-state index in [1.807, 2.05) is 18.2 Å². The molecule has 25 heavy (non-hydrogen) atoms. The SMILES string of the molecule is CCOC(=O)N1CC[NH+](CC(=O)Nc2ccccc2[C@@H](C)CC)CC1. The van der Waals surface area contributed by atoms with Gasteiger partial charge in [0.15, 0.2) is 6.54 Å². The molecule has 0 unspecified atom stereocenters. The molecule has 1 aromatic carbocycles. The van der Waals surface area contributed by atoms with Gasteiger partial charge >= 0.3 is 6.09 Å². The first kappa shape index (κ1) is 19.2. The first-order valence-corrected chi connectivity index (χ1v) is 9.19.